The van der Waals surface area contributed by atoms with Gasteiger partial charge in [-0.1, -0.05) is 35.2 Å². The Morgan fingerprint density at radius 3 is 2.67 bits per heavy atom. The topological polar surface area (TPSA) is 21.3 Å². The number of rotatable bonds is 4. The fourth-order valence-electron chi connectivity index (χ4n) is 4.06. The van der Waals surface area contributed by atoms with Crippen molar-refractivity contribution in [2.24, 2.45) is 5.41 Å². The van der Waals surface area contributed by atoms with E-state index < -0.39 is 0 Å². The average molecular weight is 417 g/mol. The molecule has 4 heteroatoms. The summed E-state index contributed by atoms with van der Waals surface area (Å²) in [6.45, 7) is 2.95. The van der Waals surface area contributed by atoms with E-state index in [9.17, 15) is 0 Å². The van der Waals surface area contributed by atoms with E-state index in [0.717, 1.165) is 22.0 Å². The molecule has 1 aromatic carbocycles. The maximum Gasteiger partial charge on any atom is 0.0670 e. The van der Waals surface area contributed by atoms with Gasteiger partial charge in [0.05, 0.1) is 6.10 Å². The van der Waals surface area contributed by atoms with Gasteiger partial charge >= 0.3 is 0 Å². The van der Waals surface area contributed by atoms with Crippen LogP contribution in [-0.2, 0) is 4.74 Å². The molecule has 0 amide bonds. The van der Waals surface area contributed by atoms with Crippen molar-refractivity contribution in [3.05, 3.63) is 27.1 Å². The molecule has 0 radical (unpaired) electrons. The fraction of sp³-hybridized carbons (Fsp3) is 0.647. The van der Waals surface area contributed by atoms with Crippen molar-refractivity contribution in [2.45, 2.75) is 57.6 Å². The summed E-state index contributed by atoms with van der Waals surface area (Å²) in [5, 5.41) is 3.78. The molecule has 2 atom stereocenters. The van der Waals surface area contributed by atoms with Crippen molar-refractivity contribution in [1.82, 2.24) is 0 Å². The minimum atomic E-state index is 0.362. The Labute approximate surface area is 144 Å². The van der Waals surface area contributed by atoms with Crippen LogP contribution in [0, 0.1) is 5.41 Å². The van der Waals surface area contributed by atoms with Crippen LogP contribution in [0.3, 0.4) is 0 Å². The van der Waals surface area contributed by atoms with Gasteiger partial charge in [-0.3, -0.25) is 0 Å². The van der Waals surface area contributed by atoms with Crippen molar-refractivity contribution in [3.63, 3.8) is 0 Å². The molecule has 0 saturated heterocycles. The van der Waals surface area contributed by atoms with Crippen LogP contribution in [0.25, 0.3) is 0 Å². The lowest BCUT2D eigenvalue weighted by molar-refractivity contribution is -0.134. The lowest BCUT2D eigenvalue weighted by atomic mass is 9.55. The monoisotopic (exact) mass is 415 g/mol. The van der Waals surface area contributed by atoms with Crippen molar-refractivity contribution in [2.75, 3.05) is 11.9 Å². The van der Waals surface area contributed by atoms with Crippen molar-refractivity contribution < 1.29 is 4.74 Å². The third kappa shape index (κ3) is 3.04. The van der Waals surface area contributed by atoms with E-state index in [-0.39, 0.29) is 0 Å². The number of hydrogen-bond donors (Lipinski definition) is 1. The van der Waals surface area contributed by atoms with E-state index in [4.69, 9.17) is 4.74 Å². The summed E-state index contributed by atoms with van der Waals surface area (Å²) in [4.78, 5) is 0. The van der Waals surface area contributed by atoms with Crippen molar-refractivity contribution in [3.8, 4) is 0 Å². The second-order valence-corrected chi connectivity index (χ2v) is 8.06. The SMILES string of the molecule is CCOC1CC(Nc2ccc(Br)cc2Br)C12CCCCC2. The molecule has 2 nitrogen and oxygen atoms in total. The zero-order valence-corrected chi connectivity index (χ0v) is 15.7. The summed E-state index contributed by atoms with van der Waals surface area (Å²) in [5.74, 6) is 0. The van der Waals surface area contributed by atoms with Gasteiger partial charge in [-0.25, -0.2) is 0 Å². The smallest absolute Gasteiger partial charge is 0.0670 e. The molecule has 0 aromatic heterocycles. The lowest BCUT2D eigenvalue weighted by Gasteiger charge is -2.58. The van der Waals surface area contributed by atoms with E-state index >= 15 is 0 Å². The summed E-state index contributed by atoms with van der Waals surface area (Å²) < 4.78 is 8.26. The minimum absolute atomic E-state index is 0.362. The molecule has 1 spiro atoms. The minimum Gasteiger partial charge on any atom is -0.381 e. The van der Waals surface area contributed by atoms with Gasteiger partial charge in [0.1, 0.15) is 0 Å². The summed E-state index contributed by atoms with van der Waals surface area (Å²) in [6, 6.07) is 6.90. The molecule has 2 aliphatic carbocycles. The van der Waals surface area contributed by atoms with Gasteiger partial charge in [-0.05, 0) is 60.3 Å². The van der Waals surface area contributed by atoms with Crippen LogP contribution in [0.1, 0.15) is 45.4 Å². The van der Waals surface area contributed by atoms with E-state index in [1.807, 2.05) is 0 Å². The molecule has 0 aliphatic heterocycles. The molecule has 2 aliphatic rings. The largest absolute Gasteiger partial charge is 0.381 e. The fourth-order valence-corrected chi connectivity index (χ4v) is 5.22. The molecule has 2 unspecified atom stereocenters. The van der Waals surface area contributed by atoms with Crippen LogP contribution >= 0.6 is 31.9 Å². The number of ether oxygens (including phenoxy) is 1. The molecule has 3 rings (SSSR count). The first-order chi connectivity index (χ1) is 10.2. The Morgan fingerprint density at radius 2 is 2.00 bits per heavy atom. The molecule has 0 bridgehead atoms. The third-order valence-electron chi connectivity index (χ3n) is 5.20. The van der Waals surface area contributed by atoms with E-state index in [2.05, 4.69) is 62.3 Å². The highest BCUT2D eigenvalue weighted by atomic mass is 79.9. The van der Waals surface area contributed by atoms with Crippen LogP contribution in [-0.4, -0.2) is 18.8 Å². The van der Waals surface area contributed by atoms with E-state index in [0.29, 0.717) is 17.6 Å². The third-order valence-corrected chi connectivity index (χ3v) is 6.35. The Hall–Kier alpha value is -0.0600. The molecule has 2 saturated carbocycles. The summed E-state index contributed by atoms with van der Waals surface area (Å²) in [5.41, 5.74) is 1.56. The van der Waals surface area contributed by atoms with E-state index in [1.165, 1.54) is 37.8 Å². The van der Waals surface area contributed by atoms with Gasteiger partial charge < -0.3 is 10.1 Å². The standard InChI is InChI=1S/C17H23Br2NO/c1-2-21-16-11-15(17(16)8-4-3-5-9-17)20-14-7-6-12(18)10-13(14)19/h6-7,10,15-16,20H,2-5,8-9,11H2,1H3. The van der Waals surface area contributed by atoms with Gasteiger partial charge in [0, 0.05) is 32.7 Å². The van der Waals surface area contributed by atoms with Gasteiger partial charge in [-0.15, -0.1) is 0 Å². The van der Waals surface area contributed by atoms with Crippen LogP contribution in [0.2, 0.25) is 0 Å². The molecular formula is C17H23Br2NO. The van der Waals surface area contributed by atoms with Crippen molar-refractivity contribution >= 4 is 37.5 Å². The van der Waals surface area contributed by atoms with Crippen LogP contribution in [0.15, 0.2) is 27.1 Å². The van der Waals surface area contributed by atoms with Gasteiger partial charge in [0.2, 0.25) is 0 Å². The molecule has 0 heterocycles. The van der Waals surface area contributed by atoms with Crippen LogP contribution in [0.5, 0.6) is 0 Å². The van der Waals surface area contributed by atoms with Crippen LogP contribution < -0.4 is 5.32 Å². The Balaban J connectivity index is 1.75. The second kappa shape index (κ2) is 6.59. The first-order valence-electron chi connectivity index (χ1n) is 7.99. The van der Waals surface area contributed by atoms with Gasteiger partial charge in [0.15, 0.2) is 0 Å². The highest BCUT2D eigenvalue weighted by Gasteiger charge is 2.55. The molecular weight excluding hydrogens is 394 g/mol. The first kappa shape index (κ1) is 15.8. The maximum absolute atomic E-state index is 6.03. The quantitative estimate of drug-likeness (QED) is 0.674. The highest BCUT2D eigenvalue weighted by molar-refractivity contribution is 9.11. The zero-order chi connectivity index (χ0) is 14.9. The molecule has 2 fully saturated rings. The number of hydrogen-bond acceptors (Lipinski definition) is 2. The zero-order valence-electron chi connectivity index (χ0n) is 12.5. The summed E-state index contributed by atoms with van der Waals surface area (Å²) in [7, 11) is 0. The normalized spacial score (nSPS) is 27.4. The summed E-state index contributed by atoms with van der Waals surface area (Å²) >= 11 is 7.18. The predicted molar refractivity (Wildman–Crippen MR) is 94.8 cm³/mol. The molecule has 1 aromatic rings. The number of halogens is 2. The Bertz CT molecular complexity index is 500. The first-order valence-corrected chi connectivity index (χ1v) is 9.57. The average Bonchev–Trinajstić information content (AvgIpc) is 2.49. The number of nitrogens with one attached hydrogen (secondary N) is 1. The maximum atomic E-state index is 6.03. The lowest BCUT2D eigenvalue weighted by Crippen LogP contribution is -2.62. The molecule has 21 heavy (non-hydrogen) atoms. The van der Waals surface area contributed by atoms with Gasteiger partial charge in [-0.2, -0.15) is 0 Å². The number of anilines is 1. The second-order valence-electron chi connectivity index (χ2n) is 6.29. The van der Waals surface area contributed by atoms with E-state index in [1.54, 1.807) is 0 Å². The molecule has 116 valence electrons. The highest BCUT2D eigenvalue weighted by Crippen LogP contribution is 2.54. The number of benzene rings is 1. The summed E-state index contributed by atoms with van der Waals surface area (Å²) in [6.07, 6.45) is 8.29. The van der Waals surface area contributed by atoms with Crippen LogP contribution in [0.4, 0.5) is 5.69 Å². The van der Waals surface area contributed by atoms with Crippen molar-refractivity contribution in [1.29, 1.82) is 0 Å². The van der Waals surface area contributed by atoms with Gasteiger partial charge in [0.25, 0.3) is 0 Å². The Morgan fingerprint density at radius 1 is 1.24 bits per heavy atom. The Kier molecular flexibility index (Phi) is 4.97. The predicted octanol–water partition coefficient (Wildman–Crippen LogP) is 5.75. The molecule has 1 N–H and O–H groups in total.